The molecule has 0 saturated carbocycles. The lowest BCUT2D eigenvalue weighted by Crippen LogP contribution is -2.34. The molecule has 2 aliphatic heterocycles. The van der Waals surface area contributed by atoms with Crippen LogP contribution in [0.15, 0.2) is 46.9 Å². The van der Waals surface area contributed by atoms with Crippen molar-refractivity contribution in [3.8, 4) is 11.5 Å². The summed E-state index contributed by atoms with van der Waals surface area (Å²) in [7, 11) is 0. The van der Waals surface area contributed by atoms with Crippen molar-refractivity contribution in [1.82, 2.24) is 10.2 Å². The summed E-state index contributed by atoms with van der Waals surface area (Å²) in [6, 6.07) is 13.2. The first-order valence-corrected chi connectivity index (χ1v) is 11.1. The maximum Gasteiger partial charge on any atom is 0.251 e. The SMILES string of the molecule is O=C(NCCC(=O)N1CCC[C@@H]1c1ccc2c(c1)OCCCO2)c1ccc(Br)cc1. The van der Waals surface area contributed by atoms with Crippen molar-refractivity contribution < 1.29 is 19.1 Å². The largest absolute Gasteiger partial charge is 0.490 e. The maximum absolute atomic E-state index is 12.8. The molecule has 1 atom stereocenters. The Bertz CT molecular complexity index is 916. The second kappa shape index (κ2) is 9.51. The smallest absolute Gasteiger partial charge is 0.251 e. The van der Waals surface area contributed by atoms with Crippen LogP contribution in [0.5, 0.6) is 11.5 Å². The molecule has 7 heteroatoms. The predicted octanol–water partition coefficient (Wildman–Crippen LogP) is 4.09. The number of ether oxygens (including phenoxy) is 2. The molecule has 0 bridgehead atoms. The van der Waals surface area contributed by atoms with Crippen molar-refractivity contribution >= 4 is 27.7 Å². The van der Waals surface area contributed by atoms with Crippen LogP contribution >= 0.6 is 15.9 Å². The number of fused-ring (bicyclic) bond motifs is 1. The number of amides is 2. The van der Waals surface area contributed by atoms with Crippen molar-refractivity contribution in [3.63, 3.8) is 0 Å². The summed E-state index contributed by atoms with van der Waals surface area (Å²) < 4.78 is 12.4. The average Bonchev–Trinajstić information content (AvgIpc) is 3.13. The van der Waals surface area contributed by atoms with Crippen molar-refractivity contribution in [2.24, 2.45) is 0 Å². The van der Waals surface area contributed by atoms with E-state index in [2.05, 4.69) is 21.2 Å². The maximum atomic E-state index is 12.8. The van der Waals surface area contributed by atoms with E-state index in [4.69, 9.17) is 9.47 Å². The minimum Gasteiger partial charge on any atom is -0.490 e. The lowest BCUT2D eigenvalue weighted by atomic mass is 10.0. The van der Waals surface area contributed by atoms with Gasteiger partial charge in [-0.05, 0) is 54.8 Å². The van der Waals surface area contributed by atoms with E-state index in [1.54, 1.807) is 12.1 Å². The average molecular weight is 473 g/mol. The number of benzene rings is 2. The van der Waals surface area contributed by atoms with E-state index in [1.165, 1.54) is 0 Å². The molecule has 2 amide bonds. The topological polar surface area (TPSA) is 67.9 Å². The zero-order valence-corrected chi connectivity index (χ0v) is 18.3. The number of halogens is 1. The lowest BCUT2D eigenvalue weighted by molar-refractivity contribution is -0.132. The lowest BCUT2D eigenvalue weighted by Gasteiger charge is -2.26. The van der Waals surface area contributed by atoms with Gasteiger partial charge in [-0.15, -0.1) is 0 Å². The molecule has 2 aromatic carbocycles. The van der Waals surface area contributed by atoms with Crippen LogP contribution in [-0.4, -0.2) is 43.0 Å². The quantitative estimate of drug-likeness (QED) is 0.711. The van der Waals surface area contributed by atoms with E-state index >= 15 is 0 Å². The fourth-order valence-electron chi connectivity index (χ4n) is 3.93. The fraction of sp³-hybridized carbons (Fsp3) is 0.391. The Balaban J connectivity index is 1.35. The molecule has 30 heavy (non-hydrogen) atoms. The van der Waals surface area contributed by atoms with E-state index in [1.807, 2.05) is 35.2 Å². The van der Waals surface area contributed by atoms with Crippen molar-refractivity contribution in [1.29, 1.82) is 0 Å². The zero-order chi connectivity index (χ0) is 20.9. The highest BCUT2D eigenvalue weighted by Gasteiger charge is 2.30. The van der Waals surface area contributed by atoms with Gasteiger partial charge in [0.2, 0.25) is 5.91 Å². The summed E-state index contributed by atoms with van der Waals surface area (Å²) in [5, 5.41) is 2.84. The van der Waals surface area contributed by atoms with Gasteiger partial charge >= 0.3 is 0 Å². The van der Waals surface area contributed by atoms with Crippen LogP contribution in [0.4, 0.5) is 0 Å². The van der Waals surface area contributed by atoms with Crippen LogP contribution in [0.2, 0.25) is 0 Å². The Morgan fingerprint density at radius 2 is 1.80 bits per heavy atom. The molecule has 0 radical (unpaired) electrons. The van der Waals surface area contributed by atoms with Crippen LogP contribution in [0.3, 0.4) is 0 Å². The number of hydrogen-bond donors (Lipinski definition) is 1. The second-order valence-corrected chi connectivity index (χ2v) is 8.43. The first-order chi connectivity index (χ1) is 14.6. The Morgan fingerprint density at radius 1 is 1.03 bits per heavy atom. The monoisotopic (exact) mass is 472 g/mol. The first kappa shape index (κ1) is 20.7. The highest BCUT2D eigenvalue weighted by Crippen LogP contribution is 2.38. The number of hydrogen-bond acceptors (Lipinski definition) is 4. The highest BCUT2D eigenvalue weighted by molar-refractivity contribution is 9.10. The normalized spacial score (nSPS) is 18.0. The molecule has 1 fully saturated rings. The summed E-state index contributed by atoms with van der Waals surface area (Å²) >= 11 is 3.36. The first-order valence-electron chi connectivity index (χ1n) is 10.3. The van der Waals surface area contributed by atoms with Crippen LogP contribution in [0, 0.1) is 0 Å². The van der Waals surface area contributed by atoms with Gasteiger partial charge in [0.25, 0.3) is 5.91 Å². The summed E-state index contributed by atoms with van der Waals surface area (Å²) in [6.45, 7) is 2.35. The fourth-order valence-corrected chi connectivity index (χ4v) is 4.19. The van der Waals surface area contributed by atoms with Gasteiger partial charge < -0.3 is 19.7 Å². The molecule has 1 N–H and O–H groups in total. The zero-order valence-electron chi connectivity index (χ0n) is 16.7. The van der Waals surface area contributed by atoms with Crippen LogP contribution < -0.4 is 14.8 Å². The van der Waals surface area contributed by atoms with E-state index < -0.39 is 0 Å². The standard InChI is InChI=1S/C23H25BrN2O4/c24-18-7-4-16(5-8-18)23(28)25-11-10-22(27)26-12-1-3-19(26)17-6-9-20-21(15-17)30-14-2-13-29-20/h4-9,15,19H,1-3,10-14H2,(H,25,28)/t19-/m1/s1. The molecule has 1 saturated heterocycles. The molecule has 4 rings (SSSR count). The molecule has 2 aliphatic rings. The van der Waals surface area contributed by atoms with Gasteiger partial charge in [0, 0.05) is 36.0 Å². The Labute approximate surface area is 184 Å². The van der Waals surface area contributed by atoms with E-state index in [9.17, 15) is 9.59 Å². The van der Waals surface area contributed by atoms with Gasteiger partial charge in [0.1, 0.15) is 0 Å². The van der Waals surface area contributed by atoms with Gasteiger partial charge in [-0.3, -0.25) is 9.59 Å². The Kier molecular flexibility index (Phi) is 6.57. The number of rotatable bonds is 5. The third kappa shape index (κ3) is 4.78. The van der Waals surface area contributed by atoms with Gasteiger partial charge in [-0.2, -0.15) is 0 Å². The molecule has 0 unspecified atom stereocenters. The Hall–Kier alpha value is -2.54. The molecule has 2 heterocycles. The number of nitrogens with zero attached hydrogens (tertiary/aromatic N) is 1. The Morgan fingerprint density at radius 3 is 2.60 bits per heavy atom. The predicted molar refractivity (Wildman–Crippen MR) is 117 cm³/mol. The molecule has 2 aromatic rings. The number of likely N-dealkylation sites (tertiary alicyclic amines) is 1. The van der Waals surface area contributed by atoms with Crippen molar-refractivity contribution in [2.45, 2.75) is 31.7 Å². The summed E-state index contributed by atoms with van der Waals surface area (Å²) in [5.41, 5.74) is 1.65. The molecular weight excluding hydrogens is 448 g/mol. The van der Waals surface area contributed by atoms with Crippen molar-refractivity contribution in [3.05, 3.63) is 58.1 Å². The third-order valence-corrected chi connectivity index (χ3v) is 5.99. The summed E-state index contributed by atoms with van der Waals surface area (Å²) in [5.74, 6) is 1.41. The van der Waals surface area contributed by atoms with Crippen LogP contribution in [0.1, 0.15) is 47.6 Å². The minimum atomic E-state index is -0.170. The number of carbonyl (C=O) groups excluding carboxylic acids is 2. The molecule has 0 spiro atoms. The summed E-state index contributed by atoms with van der Waals surface area (Å²) in [6.07, 6.45) is 3.04. The minimum absolute atomic E-state index is 0.0387. The third-order valence-electron chi connectivity index (χ3n) is 5.46. The van der Waals surface area contributed by atoms with Gasteiger partial charge in [-0.1, -0.05) is 22.0 Å². The molecular formula is C23H25BrN2O4. The van der Waals surface area contributed by atoms with E-state index in [0.29, 0.717) is 25.3 Å². The van der Waals surface area contributed by atoms with Crippen LogP contribution in [0.25, 0.3) is 0 Å². The number of nitrogens with one attached hydrogen (secondary N) is 1. The molecule has 0 aromatic heterocycles. The molecule has 6 nitrogen and oxygen atoms in total. The van der Waals surface area contributed by atoms with Gasteiger partial charge in [-0.25, -0.2) is 0 Å². The summed E-state index contributed by atoms with van der Waals surface area (Å²) in [4.78, 5) is 27.0. The number of carbonyl (C=O) groups is 2. The molecule has 158 valence electrons. The van der Waals surface area contributed by atoms with Gasteiger partial charge in [0.05, 0.1) is 19.3 Å². The molecule has 0 aliphatic carbocycles. The van der Waals surface area contributed by atoms with Crippen LogP contribution in [-0.2, 0) is 4.79 Å². The van der Waals surface area contributed by atoms with E-state index in [0.717, 1.165) is 47.3 Å². The van der Waals surface area contributed by atoms with E-state index in [-0.39, 0.29) is 24.3 Å². The van der Waals surface area contributed by atoms with Gasteiger partial charge in [0.15, 0.2) is 11.5 Å². The van der Waals surface area contributed by atoms with Crippen molar-refractivity contribution in [2.75, 3.05) is 26.3 Å². The second-order valence-electron chi connectivity index (χ2n) is 7.51. The highest BCUT2D eigenvalue weighted by atomic mass is 79.9.